The van der Waals surface area contributed by atoms with Crippen LogP contribution >= 0.6 is 0 Å². The van der Waals surface area contributed by atoms with Crippen molar-refractivity contribution >= 4 is 5.91 Å². The van der Waals surface area contributed by atoms with Gasteiger partial charge in [-0.1, -0.05) is 30.3 Å². The Morgan fingerprint density at radius 2 is 1.93 bits per heavy atom. The summed E-state index contributed by atoms with van der Waals surface area (Å²) >= 11 is 0. The molecule has 6 heteroatoms. The van der Waals surface area contributed by atoms with Crippen LogP contribution in [0.4, 0.5) is 0 Å². The van der Waals surface area contributed by atoms with Gasteiger partial charge in [0.15, 0.2) is 0 Å². The van der Waals surface area contributed by atoms with Crippen molar-refractivity contribution < 1.29 is 14.6 Å². The number of carbonyl (C=O) groups excluding carboxylic acids is 1. The Balaban J connectivity index is 1.83. The van der Waals surface area contributed by atoms with Crippen LogP contribution in [0.3, 0.4) is 0 Å². The summed E-state index contributed by atoms with van der Waals surface area (Å²) in [5, 5.41) is 17.1. The summed E-state index contributed by atoms with van der Waals surface area (Å²) in [6.45, 7) is 3.73. The molecule has 0 saturated carbocycles. The van der Waals surface area contributed by atoms with Crippen LogP contribution in [0.25, 0.3) is 5.69 Å². The van der Waals surface area contributed by atoms with Crippen molar-refractivity contribution in [3.63, 3.8) is 0 Å². The lowest BCUT2D eigenvalue weighted by Gasteiger charge is -2.17. The highest BCUT2D eigenvalue weighted by Gasteiger charge is 2.17. The zero-order valence-electron chi connectivity index (χ0n) is 16.3. The number of aliphatic hydroxyl groups excluding tert-OH is 1. The smallest absolute Gasteiger partial charge is 0.251 e. The van der Waals surface area contributed by atoms with Crippen LogP contribution in [-0.4, -0.2) is 40.6 Å². The predicted molar refractivity (Wildman–Crippen MR) is 108 cm³/mol. The molecule has 0 aliphatic heterocycles. The number of hydrogen-bond acceptors (Lipinski definition) is 4. The van der Waals surface area contributed by atoms with Crippen molar-refractivity contribution in [3.8, 4) is 11.4 Å². The number of amides is 1. The molecule has 3 rings (SSSR count). The monoisotopic (exact) mass is 379 g/mol. The molecule has 1 aromatic heterocycles. The molecule has 0 radical (unpaired) electrons. The largest absolute Gasteiger partial charge is 0.494 e. The van der Waals surface area contributed by atoms with E-state index >= 15 is 0 Å². The van der Waals surface area contributed by atoms with E-state index in [4.69, 9.17) is 4.74 Å². The van der Waals surface area contributed by atoms with Crippen molar-refractivity contribution in [2.75, 3.05) is 13.7 Å². The summed E-state index contributed by atoms with van der Waals surface area (Å²) in [4.78, 5) is 12.8. The van der Waals surface area contributed by atoms with Crippen LogP contribution in [0.5, 0.6) is 5.75 Å². The molecule has 2 aromatic carbocycles. The van der Waals surface area contributed by atoms with Crippen molar-refractivity contribution in [1.82, 2.24) is 15.1 Å². The lowest BCUT2D eigenvalue weighted by atomic mass is 10.1. The van der Waals surface area contributed by atoms with Gasteiger partial charge in [-0.25, -0.2) is 4.68 Å². The van der Waals surface area contributed by atoms with E-state index in [-0.39, 0.29) is 18.6 Å². The van der Waals surface area contributed by atoms with E-state index in [9.17, 15) is 9.90 Å². The van der Waals surface area contributed by atoms with Gasteiger partial charge in [-0.15, -0.1) is 0 Å². The highest BCUT2D eigenvalue weighted by molar-refractivity contribution is 5.95. The quantitative estimate of drug-likeness (QED) is 0.662. The first kappa shape index (κ1) is 19.6. The second-order valence-electron chi connectivity index (χ2n) is 6.77. The molecule has 1 heterocycles. The van der Waals surface area contributed by atoms with Gasteiger partial charge >= 0.3 is 0 Å². The number of rotatable bonds is 7. The molecule has 3 aromatic rings. The summed E-state index contributed by atoms with van der Waals surface area (Å²) in [7, 11) is 1.59. The molecule has 28 heavy (non-hydrogen) atoms. The van der Waals surface area contributed by atoms with Crippen molar-refractivity contribution in [3.05, 3.63) is 77.1 Å². The molecule has 0 aliphatic rings. The maximum atomic E-state index is 12.8. The van der Waals surface area contributed by atoms with Crippen LogP contribution in [0.2, 0.25) is 0 Å². The lowest BCUT2D eigenvalue weighted by Crippen LogP contribution is -2.39. The van der Waals surface area contributed by atoms with E-state index in [1.165, 1.54) is 0 Å². The first-order valence-corrected chi connectivity index (χ1v) is 9.19. The highest BCUT2D eigenvalue weighted by Crippen LogP contribution is 2.25. The highest BCUT2D eigenvalue weighted by atomic mass is 16.5. The number of benzene rings is 2. The number of ether oxygens (including phenoxy) is 1. The summed E-state index contributed by atoms with van der Waals surface area (Å²) in [6, 6.07) is 16.6. The fourth-order valence-electron chi connectivity index (χ4n) is 3.20. The standard InChI is InChI=1S/C22H25N3O3/c1-15-11-16(2)25(24-15)20-13-18(9-10-21(20)28-3)22(27)23-19(14-26)12-17-7-5-4-6-8-17/h4-11,13,19,26H,12,14H2,1-3H3,(H,23,27)/t19-/m0/s1. The third-order valence-electron chi connectivity index (χ3n) is 4.56. The Bertz CT molecular complexity index is 951. The lowest BCUT2D eigenvalue weighted by molar-refractivity contribution is 0.0916. The number of methoxy groups -OCH3 is 1. The summed E-state index contributed by atoms with van der Waals surface area (Å²) in [5.74, 6) is 0.381. The van der Waals surface area contributed by atoms with Crippen molar-refractivity contribution in [1.29, 1.82) is 0 Å². The number of nitrogens with one attached hydrogen (secondary N) is 1. The van der Waals surface area contributed by atoms with E-state index in [0.29, 0.717) is 23.4 Å². The van der Waals surface area contributed by atoms with Gasteiger partial charge in [0, 0.05) is 11.3 Å². The van der Waals surface area contributed by atoms with Gasteiger partial charge in [0.2, 0.25) is 0 Å². The summed E-state index contributed by atoms with van der Waals surface area (Å²) in [6.07, 6.45) is 0.559. The zero-order valence-corrected chi connectivity index (χ0v) is 16.3. The van der Waals surface area contributed by atoms with Crippen molar-refractivity contribution in [2.24, 2.45) is 0 Å². The average molecular weight is 379 g/mol. The molecule has 1 atom stereocenters. The van der Waals surface area contributed by atoms with Crippen LogP contribution in [0, 0.1) is 13.8 Å². The zero-order chi connectivity index (χ0) is 20.1. The van der Waals surface area contributed by atoms with Gasteiger partial charge in [-0.2, -0.15) is 5.10 Å². The third-order valence-corrected chi connectivity index (χ3v) is 4.56. The normalized spacial score (nSPS) is 11.9. The Hall–Kier alpha value is -3.12. The van der Waals surface area contributed by atoms with Gasteiger partial charge in [0.05, 0.1) is 25.5 Å². The number of nitrogens with zero attached hydrogens (tertiary/aromatic N) is 2. The number of aromatic nitrogens is 2. The van der Waals surface area contributed by atoms with Gasteiger partial charge in [0.25, 0.3) is 5.91 Å². The number of hydrogen-bond donors (Lipinski definition) is 2. The molecule has 1 amide bonds. The molecule has 0 unspecified atom stereocenters. The van der Waals surface area contributed by atoms with E-state index in [0.717, 1.165) is 17.0 Å². The fourth-order valence-corrected chi connectivity index (χ4v) is 3.20. The minimum atomic E-state index is -0.367. The molecule has 6 nitrogen and oxygen atoms in total. The predicted octanol–water partition coefficient (Wildman–Crippen LogP) is 2.83. The summed E-state index contributed by atoms with van der Waals surface area (Å²) < 4.78 is 7.21. The van der Waals surface area contributed by atoms with Gasteiger partial charge in [0.1, 0.15) is 11.4 Å². The average Bonchev–Trinajstić information content (AvgIpc) is 3.05. The first-order valence-electron chi connectivity index (χ1n) is 9.19. The molecule has 0 aliphatic carbocycles. The van der Waals surface area contributed by atoms with Crippen molar-refractivity contribution in [2.45, 2.75) is 26.3 Å². The Labute approximate surface area is 164 Å². The van der Waals surface area contributed by atoms with Crippen LogP contribution in [-0.2, 0) is 6.42 Å². The second kappa shape index (κ2) is 8.71. The van der Waals surface area contributed by atoms with Gasteiger partial charge in [-0.3, -0.25) is 4.79 Å². The molecule has 146 valence electrons. The molecule has 0 bridgehead atoms. The third kappa shape index (κ3) is 4.40. The molecule has 0 fully saturated rings. The number of aliphatic hydroxyl groups is 1. The molecule has 0 spiro atoms. The Kier molecular flexibility index (Phi) is 6.11. The summed E-state index contributed by atoms with van der Waals surface area (Å²) in [5.41, 5.74) is 4.07. The Morgan fingerprint density at radius 1 is 1.18 bits per heavy atom. The van der Waals surface area contributed by atoms with Crippen LogP contribution in [0.15, 0.2) is 54.6 Å². The Morgan fingerprint density at radius 3 is 2.54 bits per heavy atom. The van der Waals surface area contributed by atoms with E-state index < -0.39 is 0 Å². The molecule has 2 N–H and O–H groups in total. The van der Waals surface area contributed by atoms with Gasteiger partial charge in [-0.05, 0) is 50.1 Å². The minimum absolute atomic E-state index is 0.138. The SMILES string of the molecule is COc1ccc(C(=O)N[C@H](CO)Cc2ccccc2)cc1-n1nc(C)cc1C. The van der Waals surface area contributed by atoms with Crippen LogP contribution < -0.4 is 10.1 Å². The topological polar surface area (TPSA) is 76.4 Å². The second-order valence-corrected chi connectivity index (χ2v) is 6.77. The van der Waals surface area contributed by atoms with E-state index in [1.54, 1.807) is 30.0 Å². The van der Waals surface area contributed by atoms with E-state index in [1.807, 2.05) is 50.2 Å². The molecular formula is C22H25N3O3. The minimum Gasteiger partial charge on any atom is -0.494 e. The van der Waals surface area contributed by atoms with E-state index in [2.05, 4.69) is 10.4 Å². The maximum Gasteiger partial charge on any atom is 0.251 e. The molecular weight excluding hydrogens is 354 g/mol. The first-order chi connectivity index (χ1) is 13.5. The maximum absolute atomic E-state index is 12.8. The fraction of sp³-hybridized carbons (Fsp3) is 0.273. The number of carbonyl (C=O) groups is 1. The molecule has 0 saturated heterocycles. The van der Waals surface area contributed by atoms with Crippen LogP contribution in [0.1, 0.15) is 27.3 Å². The number of aryl methyl sites for hydroxylation is 2. The van der Waals surface area contributed by atoms with Gasteiger partial charge < -0.3 is 15.2 Å².